The van der Waals surface area contributed by atoms with Gasteiger partial charge in [0.1, 0.15) is 12.6 Å². The quantitative estimate of drug-likeness (QED) is 0.271. The molecule has 11 heteroatoms. The number of nitrogens with one attached hydrogen (secondary N) is 3. The van der Waals surface area contributed by atoms with Crippen molar-refractivity contribution in [1.82, 2.24) is 16.0 Å². The molecule has 0 saturated carbocycles. The van der Waals surface area contributed by atoms with Gasteiger partial charge in [-0.1, -0.05) is 92.7 Å². The summed E-state index contributed by atoms with van der Waals surface area (Å²) >= 11 is 0. The van der Waals surface area contributed by atoms with E-state index in [4.69, 9.17) is 4.74 Å². The fourth-order valence-corrected chi connectivity index (χ4v) is 4.11. The van der Waals surface area contributed by atoms with Crippen molar-refractivity contribution < 1.29 is 37.1 Å². The van der Waals surface area contributed by atoms with Crippen molar-refractivity contribution in [2.24, 2.45) is 5.92 Å². The van der Waals surface area contributed by atoms with Crippen molar-refractivity contribution in [2.45, 2.75) is 51.7 Å². The molecule has 0 bridgehead atoms. The van der Waals surface area contributed by atoms with Crippen molar-refractivity contribution in [2.75, 3.05) is 0 Å². The molecule has 2 atom stereocenters. The van der Waals surface area contributed by atoms with Crippen LogP contribution in [-0.2, 0) is 44.9 Å². The smallest absolute Gasteiger partial charge is 0.416 e. The number of benzene rings is 3. The number of carbonyl (C=O) groups is 4. The molecule has 0 aromatic heterocycles. The van der Waals surface area contributed by atoms with Crippen LogP contribution in [0, 0.1) is 5.92 Å². The van der Waals surface area contributed by atoms with Gasteiger partial charge in [-0.25, -0.2) is 4.79 Å². The predicted octanol–water partition coefficient (Wildman–Crippen LogP) is 4.57. The van der Waals surface area contributed by atoms with E-state index in [-0.39, 0.29) is 18.6 Å². The van der Waals surface area contributed by atoms with E-state index in [1.807, 2.05) is 6.07 Å². The summed E-state index contributed by atoms with van der Waals surface area (Å²) in [4.78, 5) is 51.6. The lowest BCUT2D eigenvalue weighted by Crippen LogP contribution is -2.56. The number of amides is 3. The molecule has 3 aromatic rings. The molecule has 0 unspecified atom stereocenters. The fraction of sp³-hybridized carbons (Fsp3) is 0.290. The van der Waals surface area contributed by atoms with E-state index < -0.39 is 60.0 Å². The van der Waals surface area contributed by atoms with Crippen molar-refractivity contribution in [1.29, 1.82) is 0 Å². The Hall–Kier alpha value is -4.67. The maximum absolute atomic E-state index is 13.3. The maximum atomic E-state index is 13.3. The van der Waals surface area contributed by atoms with Gasteiger partial charge >= 0.3 is 12.3 Å². The summed E-state index contributed by atoms with van der Waals surface area (Å²) in [5.41, 5.74) is 0.318. The first-order valence-electron chi connectivity index (χ1n) is 13.2. The zero-order valence-corrected chi connectivity index (χ0v) is 23.1. The van der Waals surface area contributed by atoms with E-state index >= 15 is 0 Å². The summed E-state index contributed by atoms with van der Waals surface area (Å²) in [6.45, 7) is 2.63. The molecule has 0 spiro atoms. The molecule has 0 heterocycles. The second-order valence-corrected chi connectivity index (χ2v) is 9.88. The number of alkyl halides is 3. The number of rotatable bonds is 12. The van der Waals surface area contributed by atoms with Gasteiger partial charge in [0.15, 0.2) is 0 Å². The zero-order chi connectivity index (χ0) is 30.7. The predicted molar refractivity (Wildman–Crippen MR) is 149 cm³/mol. The molecule has 8 nitrogen and oxygen atoms in total. The molecule has 42 heavy (non-hydrogen) atoms. The van der Waals surface area contributed by atoms with Gasteiger partial charge in [-0.05, 0) is 28.7 Å². The molecular weight excluding hydrogens is 551 g/mol. The van der Waals surface area contributed by atoms with Crippen LogP contribution in [0.5, 0.6) is 0 Å². The average molecular weight is 584 g/mol. The van der Waals surface area contributed by atoms with Crippen molar-refractivity contribution in [3.8, 4) is 0 Å². The SMILES string of the molecule is CC(C)[C@H](NC(=O)[C@H](Cc1ccccc1)NC(=O)OCc1ccccc1)C(=O)C(=O)NCc1ccccc1C(F)(F)F. The summed E-state index contributed by atoms with van der Waals surface area (Å²) in [6.07, 6.45) is -5.43. The molecule has 0 saturated heterocycles. The highest BCUT2D eigenvalue weighted by Crippen LogP contribution is 2.31. The molecular formula is C31H32F3N3O5. The van der Waals surface area contributed by atoms with Gasteiger partial charge in [0.05, 0.1) is 11.6 Å². The molecule has 222 valence electrons. The van der Waals surface area contributed by atoms with Crippen LogP contribution in [0.2, 0.25) is 0 Å². The number of ether oxygens (including phenoxy) is 1. The minimum Gasteiger partial charge on any atom is -0.445 e. The molecule has 3 rings (SSSR count). The first-order chi connectivity index (χ1) is 20.0. The Morgan fingerprint density at radius 2 is 1.36 bits per heavy atom. The normalized spacial score (nSPS) is 12.6. The van der Waals surface area contributed by atoms with Crippen LogP contribution in [0.1, 0.15) is 36.1 Å². The molecule has 0 aliphatic carbocycles. The molecule has 0 aliphatic rings. The number of halogens is 3. The molecule has 0 fully saturated rings. The van der Waals surface area contributed by atoms with Crippen molar-refractivity contribution in [3.63, 3.8) is 0 Å². The highest BCUT2D eigenvalue weighted by atomic mass is 19.4. The van der Waals surface area contributed by atoms with E-state index in [0.29, 0.717) is 0 Å². The van der Waals surface area contributed by atoms with E-state index in [9.17, 15) is 32.3 Å². The Bertz CT molecular complexity index is 1360. The fourth-order valence-electron chi connectivity index (χ4n) is 4.11. The second-order valence-electron chi connectivity index (χ2n) is 9.88. The van der Waals surface area contributed by atoms with Crippen LogP contribution in [0.4, 0.5) is 18.0 Å². The summed E-state index contributed by atoms with van der Waals surface area (Å²) in [7, 11) is 0. The monoisotopic (exact) mass is 583 g/mol. The summed E-state index contributed by atoms with van der Waals surface area (Å²) in [5, 5.41) is 7.28. The van der Waals surface area contributed by atoms with Gasteiger partial charge in [0.25, 0.3) is 5.91 Å². The maximum Gasteiger partial charge on any atom is 0.416 e. The molecule has 0 aliphatic heterocycles. The first kappa shape index (κ1) is 31.9. The first-order valence-corrected chi connectivity index (χ1v) is 13.2. The van der Waals surface area contributed by atoms with E-state index in [1.54, 1.807) is 68.4 Å². The lowest BCUT2D eigenvalue weighted by atomic mass is 9.97. The standard InChI is InChI=1S/C31H32F3N3O5/c1-20(2)26(27(38)29(40)35-18-23-15-9-10-16-24(23)31(32,33)34)37-28(39)25(17-21-11-5-3-6-12-21)36-30(41)42-19-22-13-7-4-8-14-22/h3-16,20,25-26H,17-19H2,1-2H3,(H,35,40)(H,36,41)(H,37,39)/t25-,26-/m0/s1. The lowest BCUT2D eigenvalue weighted by molar-refractivity contribution is -0.141. The third kappa shape index (κ3) is 9.46. The Kier molecular flexibility index (Phi) is 11.2. The van der Waals surface area contributed by atoms with Gasteiger partial charge in [0.2, 0.25) is 11.7 Å². The second kappa shape index (κ2) is 14.8. The number of carbonyl (C=O) groups excluding carboxylic acids is 4. The average Bonchev–Trinajstić information content (AvgIpc) is 2.97. The van der Waals surface area contributed by atoms with Gasteiger partial charge in [0, 0.05) is 13.0 Å². The molecule has 3 aromatic carbocycles. The molecule has 3 amide bonds. The number of hydrogen-bond acceptors (Lipinski definition) is 5. The summed E-state index contributed by atoms with van der Waals surface area (Å²) in [5.74, 6) is -3.48. The third-order valence-electron chi connectivity index (χ3n) is 6.34. The minimum atomic E-state index is -4.64. The van der Waals surface area contributed by atoms with Crippen LogP contribution < -0.4 is 16.0 Å². The Labute approximate surface area is 241 Å². The largest absolute Gasteiger partial charge is 0.445 e. The highest BCUT2D eigenvalue weighted by molar-refractivity contribution is 6.38. The Morgan fingerprint density at radius 3 is 1.95 bits per heavy atom. The van der Waals surface area contributed by atoms with Crippen LogP contribution in [0.3, 0.4) is 0 Å². The van der Waals surface area contributed by atoms with Crippen molar-refractivity contribution >= 4 is 23.7 Å². The number of ketones is 1. The van der Waals surface area contributed by atoms with Crippen molar-refractivity contribution in [3.05, 3.63) is 107 Å². The van der Waals surface area contributed by atoms with Crippen LogP contribution in [0.15, 0.2) is 84.9 Å². The van der Waals surface area contributed by atoms with Gasteiger partial charge < -0.3 is 20.7 Å². The van der Waals surface area contributed by atoms with E-state index in [0.717, 1.165) is 17.2 Å². The van der Waals surface area contributed by atoms with Crippen LogP contribution in [0.25, 0.3) is 0 Å². The summed E-state index contributed by atoms with van der Waals surface area (Å²) < 4.78 is 45.2. The van der Waals surface area contributed by atoms with E-state index in [2.05, 4.69) is 16.0 Å². The van der Waals surface area contributed by atoms with Gasteiger partial charge in [-0.3, -0.25) is 14.4 Å². The Balaban J connectivity index is 1.69. The number of hydrogen-bond donors (Lipinski definition) is 3. The van der Waals surface area contributed by atoms with E-state index in [1.165, 1.54) is 18.2 Å². The van der Waals surface area contributed by atoms with Crippen LogP contribution in [-0.4, -0.2) is 35.8 Å². The minimum absolute atomic E-state index is 0.0307. The number of Topliss-reactive ketones (excluding diaryl/α,β-unsaturated/α-hetero) is 1. The third-order valence-corrected chi connectivity index (χ3v) is 6.34. The highest BCUT2D eigenvalue weighted by Gasteiger charge is 2.35. The molecule has 0 radical (unpaired) electrons. The zero-order valence-electron chi connectivity index (χ0n) is 23.1. The summed E-state index contributed by atoms with van der Waals surface area (Å²) in [6, 6.07) is 20.0. The van der Waals surface area contributed by atoms with Gasteiger partial charge in [-0.2, -0.15) is 13.2 Å². The molecule has 3 N–H and O–H groups in total. The van der Waals surface area contributed by atoms with Gasteiger partial charge in [-0.15, -0.1) is 0 Å². The topological polar surface area (TPSA) is 114 Å². The number of alkyl carbamates (subject to hydrolysis) is 1. The lowest BCUT2D eigenvalue weighted by Gasteiger charge is -2.25. The van der Waals surface area contributed by atoms with Crippen LogP contribution >= 0.6 is 0 Å². The Morgan fingerprint density at radius 1 is 0.786 bits per heavy atom.